The van der Waals surface area contributed by atoms with E-state index in [1.165, 1.54) is 18.2 Å². The zero-order valence-corrected chi connectivity index (χ0v) is 13.5. The van der Waals surface area contributed by atoms with Crippen LogP contribution in [0.4, 0.5) is 10.1 Å². The minimum atomic E-state index is -1.16. The second-order valence-electron chi connectivity index (χ2n) is 4.83. The average molecular weight is 373 g/mol. The summed E-state index contributed by atoms with van der Waals surface area (Å²) in [4.78, 5) is 22.2. The van der Waals surface area contributed by atoms with Crippen LogP contribution in [-0.2, 0) is 0 Å². The molecule has 0 spiro atoms. The molecule has 24 heavy (non-hydrogen) atoms. The van der Waals surface area contributed by atoms with Crippen molar-refractivity contribution in [2.24, 2.45) is 0 Å². The highest BCUT2D eigenvalue weighted by atomic mass is 35.5. The smallest absolute Gasteiger partial charge is 0.271 e. The lowest BCUT2D eigenvalue weighted by atomic mass is 10.1. The SMILES string of the molecule is O=C(NCC(O)c1cccc(F)c1)c1cc([N+](=O)[O-])cc(Cl)c1Cl. The third-order valence-corrected chi connectivity index (χ3v) is 3.96. The van der Waals surface area contributed by atoms with Crippen LogP contribution in [-0.4, -0.2) is 22.5 Å². The third-order valence-electron chi connectivity index (χ3n) is 3.16. The van der Waals surface area contributed by atoms with Gasteiger partial charge in [-0.15, -0.1) is 0 Å². The summed E-state index contributed by atoms with van der Waals surface area (Å²) in [5.74, 6) is -1.27. The van der Waals surface area contributed by atoms with Crippen molar-refractivity contribution in [1.29, 1.82) is 0 Å². The molecule has 1 amide bonds. The predicted octanol–water partition coefficient (Wildman–Crippen LogP) is 3.50. The Bertz CT molecular complexity index is 801. The van der Waals surface area contributed by atoms with Crippen LogP contribution in [0.3, 0.4) is 0 Å². The number of aliphatic hydroxyl groups is 1. The molecule has 1 unspecified atom stereocenters. The number of non-ortho nitro benzene ring substituents is 1. The first kappa shape index (κ1) is 18.1. The number of aliphatic hydroxyl groups excluding tert-OH is 1. The van der Waals surface area contributed by atoms with Gasteiger partial charge in [-0.2, -0.15) is 0 Å². The maximum Gasteiger partial charge on any atom is 0.271 e. The maximum absolute atomic E-state index is 13.1. The number of carbonyl (C=O) groups excluding carboxylic acids is 1. The Morgan fingerprint density at radius 1 is 1.33 bits per heavy atom. The molecule has 0 aliphatic rings. The fourth-order valence-corrected chi connectivity index (χ4v) is 2.37. The van der Waals surface area contributed by atoms with Gasteiger partial charge >= 0.3 is 0 Å². The molecule has 0 aliphatic carbocycles. The van der Waals surface area contributed by atoms with Crippen molar-refractivity contribution in [2.75, 3.05) is 6.54 Å². The number of benzene rings is 2. The van der Waals surface area contributed by atoms with Gasteiger partial charge in [-0.3, -0.25) is 14.9 Å². The second-order valence-corrected chi connectivity index (χ2v) is 5.61. The lowest BCUT2D eigenvalue weighted by molar-refractivity contribution is -0.384. The van der Waals surface area contributed by atoms with Gasteiger partial charge in [0, 0.05) is 18.7 Å². The van der Waals surface area contributed by atoms with E-state index in [1.807, 2.05) is 0 Å². The van der Waals surface area contributed by atoms with Crippen LogP contribution in [0.1, 0.15) is 22.0 Å². The average Bonchev–Trinajstić information content (AvgIpc) is 2.54. The Hall–Kier alpha value is -2.22. The lowest BCUT2D eigenvalue weighted by Crippen LogP contribution is -2.28. The summed E-state index contributed by atoms with van der Waals surface area (Å²) in [7, 11) is 0. The Morgan fingerprint density at radius 3 is 2.67 bits per heavy atom. The van der Waals surface area contributed by atoms with Gasteiger partial charge in [0.15, 0.2) is 0 Å². The molecule has 1 atom stereocenters. The maximum atomic E-state index is 13.1. The number of carbonyl (C=O) groups is 1. The van der Waals surface area contributed by atoms with Crippen molar-refractivity contribution in [3.63, 3.8) is 0 Å². The molecule has 2 N–H and O–H groups in total. The number of amides is 1. The quantitative estimate of drug-likeness (QED) is 0.620. The Morgan fingerprint density at radius 2 is 2.04 bits per heavy atom. The van der Waals surface area contributed by atoms with Gasteiger partial charge in [0.2, 0.25) is 0 Å². The van der Waals surface area contributed by atoms with Crippen molar-refractivity contribution >= 4 is 34.8 Å². The summed E-state index contributed by atoms with van der Waals surface area (Å²) in [5.41, 5.74) is -0.305. The van der Waals surface area contributed by atoms with E-state index in [9.17, 15) is 24.4 Å². The first-order valence-electron chi connectivity index (χ1n) is 6.64. The first-order valence-corrected chi connectivity index (χ1v) is 7.40. The molecular formula is C15H11Cl2FN2O4. The van der Waals surface area contributed by atoms with E-state index in [-0.39, 0.29) is 33.4 Å². The van der Waals surface area contributed by atoms with E-state index in [0.717, 1.165) is 18.2 Å². The Kier molecular flexibility index (Phi) is 5.71. The molecule has 0 radical (unpaired) electrons. The van der Waals surface area contributed by atoms with Crippen LogP contribution in [0.2, 0.25) is 10.0 Å². The van der Waals surface area contributed by atoms with Gasteiger partial charge in [-0.25, -0.2) is 4.39 Å². The third kappa shape index (κ3) is 4.19. The number of nitro benzene ring substituents is 1. The summed E-state index contributed by atoms with van der Waals surface area (Å²) in [6.07, 6.45) is -1.16. The molecule has 2 aromatic rings. The molecule has 2 aromatic carbocycles. The number of nitro groups is 1. The van der Waals surface area contributed by atoms with Gasteiger partial charge in [0.1, 0.15) is 5.82 Å². The number of nitrogens with zero attached hydrogens (tertiary/aromatic N) is 1. The molecule has 6 nitrogen and oxygen atoms in total. The zero-order chi connectivity index (χ0) is 17.9. The molecular weight excluding hydrogens is 362 g/mol. The van der Waals surface area contributed by atoms with Crippen molar-refractivity contribution in [1.82, 2.24) is 5.32 Å². The fraction of sp³-hybridized carbons (Fsp3) is 0.133. The predicted molar refractivity (Wildman–Crippen MR) is 86.8 cm³/mol. The van der Waals surface area contributed by atoms with E-state index in [2.05, 4.69) is 5.32 Å². The molecule has 0 bridgehead atoms. The van der Waals surface area contributed by atoms with Crippen molar-refractivity contribution in [3.05, 3.63) is 73.5 Å². The monoisotopic (exact) mass is 372 g/mol. The van der Waals surface area contributed by atoms with Crippen LogP contribution in [0.25, 0.3) is 0 Å². The fourth-order valence-electron chi connectivity index (χ4n) is 1.96. The summed E-state index contributed by atoms with van der Waals surface area (Å²) in [5, 5.41) is 22.9. The van der Waals surface area contributed by atoms with Gasteiger partial charge in [-0.05, 0) is 17.7 Å². The summed E-state index contributed by atoms with van der Waals surface area (Å²) < 4.78 is 13.1. The summed E-state index contributed by atoms with van der Waals surface area (Å²) in [6, 6.07) is 7.29. The lowest BCUT2D eigenvalue weighted by Gasteiger charge is -2.13. The van der Waals surface area contributed by atoms with Gasteiger partial charge in [0.05, 0.1) is 26.6 Å². The van der Waals surface area contributed by atoms with Gasteiger partial charge in [0.25, 0.3) is 11.6 Å². The molecule has 9 heteroatoms. The number of nitrogens with one attached hydrogen (secondary N) is 1. The van der Waals surface area contributed by atoms with Crippen LogP contribution in [0.5, 0.6) is 0 Å². The normalized spacial score (nSPS) is 11.8. The molecule has 0 saturated carbocycles. The van der Waals surface area contributed by atoms with E-state index < -0.39 is 22.8 Å². The van der Waals surface area contributed by atoms with E-state index in [1.54, 1.807) is 0 Å². The second kappa shape index (κ2) is 7.57. The van der Waals surface area contributed by atoms with Crippen LogP contribution >= 0.6 is 23.2 Å². The Balaban J connectivity index is 2.14. The van der Waals surface area contributed by atoms with E-state index >= 15 is 0 Å². The number of rotatable bonds is 5. The molecule has 0 saturated heterocycles. The van der Waals surface area contributed by atoms with Crippen LogP contribution in [0.15, 0.2) is 36.4 Å². The van der Waals surface area contributed by atoms with Crippen LogP contribution < -0.4 is 5.32 Å². The molecule has 126 valence electrons. The zero-order valence-electron chi connectivity index (χ0n) is 12.0. The highest BCUT2D eigenvalue weighted by Crippen LogP contribution is 2.30. The van der Waals surface area contributed by atoms with Crippen molar-refractivity contribution in [2.45, 2.75) is 6.10 Å². The topological polar surface area (TPSA) is 92.5 Å². The molecule has 0 aliphatic heterocycles. The van der Waals surface area contributed by atoms with E-state index in [4.69, 9.17) is 23.2 Å². The number of hydrogen-bond acceptors (Lipinski definition) is 4. The number of halogens is 3. The molecule has 0 heterocycles. The minimum absolute atomic E-state index is 0.137. The van der Waals surface area contributed by atoms with Gasteiger partial charge < -0.3 is 10.4 Å². The molecule has 0 fully saturated rings. The minimum Gasteiger partial charge on any atom is -0.387 e. The van der Waals surface area contributed by atoms with Crippen molar-refractivity contribution in [3.8, 4) is 0 Å². The van der Waals surface area contributed by atoms with Crippen LogP contribution in [0, 0.1) is 15.9 Å². The standard InChI is InChI=1S/C15H11Cl2FN2O4/c16-12-6-10(20(23)24)5-11(14(12)17)15(22)19-7-13(21)8-2-1-3-9(18)4-8/h1-6,13,21H,7H2,(H,19,22). The summed E-state index contributed by atoms with van der Waals surface area (Å²) in [6.45, 7) is -0.237. The highest BCUT2D eigenvalue weighted by Gasteiger charge is 2.20. The highest BCUT2D eigenvalue weighted by molar-refractivity contribution is 6.44. The summed E-state index contributed by atoms with van der Waals surface area (Å²) >= 11 is 11.7. The first-order chi connectivity index (χ1) is 11.3. The number of hydrogen-bond donors (Lipinski definition) is 2. The van der Waals surface area contributed by atoms with Gasteiger partial charge in [-0.1, -0.05) is 35.3 Å². The van der Waals surface area contributed by atoms with Crippen molar-refractivity contribution < 1.29 is 19.2 Å². The largest absolute Gasteiger partial charge is 0.387 e. The molecule has 0 aromatic heterocycles. The Labute approximate surface area is 146 Å². The molecule has 2 rings (SSSR count). The van der Waals surface area contributed by atoms with E-state index in [0.29, 0.717) is 0 Å².